The lowest BCUT2D eigenvalue weighted by Gasteiger charge is -2.31. The van der Waals surface area contributed by atoms with Crippen molar-refractivity contribution < 1.29 is 33.0 Å². The molecule has 0 aliphatic heterocycles. The summed E-state index contributed by atoms with van der Waals surface area (Å²) in [6.45, 7) is 5.46. The van der Waals surface area contributed by atoms with E-state index >= 15 is 0 Å². The zero-order valence-corrected chi connectivity index (χ0v) is 19.9. The molecule has 0 saturated heterocycles. The number of rotatable bonds is 9. The third kappa shape index (κ3) is 6.55. The van der Waals surface area contributed by atoms with Gasteiger partial charge >= 0.3 is 12.1 Å². The first-order chi connectivity index (χ1) is 16.5. The summed E-state index contributed by atoms with van der Waals surface area (Å²) < 4.78 is 31.7. The standard InChI is InChI=1S/C26H30F2N2O5/c1-26(2,3)21(13-22(31)29-20(24(27)28)12-23(32)33)30-25(34)35-14-19-17-10-6-4-8-15(17)16-9-5-7-11-18(16)19/h4-11,19-21,24H,12-14H2,1-3H3,(H,29,31)(H,30,34)(H,32,33). The van der Waals surface area contributed by atoms with Crippen LogP contribution in [0.25, 0.3) is 11.1 Å². The molecule has 3 rings (SSSR count). The third-order valence-corrected chi connectivity index (χ3v) is 6.12. The highest BCUT2D eigenvalue weighted by Gasteiger charge is 2.33. The van der Waals surface area contributed by atoms with Crippen molar-refractivity contribution in [3.8, 4) is 11.1 Å². The Morgan fingerprint density at radius 1 is 0.943 bits per heavy atom. The first-order valence-electron chi connectivity index (χ1n) is 11.4. The summed E-state index contributed by atoms with van der Waals surface area (Å²) in [4.78, 5) is 35.9. The van der Waals surface area contributed by atoms with Crippen LogP contribution in [0.3, 0.4) is 0 Å². The highest BCUT2D eigenvalue weighted by molar-refractivity contribution is 5.80. The Labute approximate surface area is 202 Å². The minimum Gasteiger partial charge on any atom is -0.481 e. The number of hydrogen-bond acceptors (Lipinski definition) is 4. The van der Waals surface area contributed by atoms with Crippen LogP contribution < -0.4 is 10.6 Å². The van der Waals surface area contributed by atoms with Gasteiger partial charge in [0.05, 0.1) is 6.42 Å². The molecule has 2 aromatic rings. The number of alkyl carbamates (subject to hydrolysis) is 1. The van der Waals surface area contributed by atoms with Crippen LogP contribution in [-0.4, -0.2) is 48.2 Å². The molecule has 2 amide bonds. The number of aliphatic carboxylic acids is 1. The SMILES string of the molecule is CC(C)(C)C(CC(=O)NC(CC(=O)O)C(F)F)NC(=O)OCC1c2ccccc2-c2ccccc21. The van der Waals surface area contributed by atoms with Crippen LogP contribution >= 0.6 is 0 Å². The van der Waals surface area contributed by atoms with Gasteiger partial charge in [-0.1, -0.05) is 69.3 Å². The molecule has 0 fully saturated rings. The second-order valence-electron chi connectivity index (χ2n) is 9.70. The van der Waals surface area contributed by atoms with Crippen molar-refractivity contribution >= 4 is 18.0 Å². The summed E-state index contributed by atoms with van der Waals surface area (Å²) in [6.07, 6.45) is -4.96. The largest absolute Gasteiger partial charge is 0.481 e. The van der Waals surface area contributed by atoms with Crippen LogP contribution in [0.4, 0.5) is 13.6 Å². The number of carboxylic acid groups (broad SMARTS) is 1. The lowest BCUT2D eigenvalue weighted by atomic mass is 9.84. The molecule has 0 aromatic heterocycles. The Hall–Kier alpha value is -3.49. The van der Waals surface area contributed by atoms with Gasteiger partial charge in [-0.05, 0) is 27.7 Å². The summed E-state index contributed by atoms with van der Waals surface area (Å²) in [7, 11) is 0. The number of alkyl halides is 2. The van der Waals surface area contributed by atoms with Gasteiger partial charge in [-0.25, -0.2) is 13.6 Å². The van der Waals surface area contributed by atoms with E-state index < -0.39 is 48.3 Å². The molecule has 1 aliphatic carbocycles. The average Bonchev–Trinajstić information content (AvgIpc) is 3.09. The molecule has 0 saturated carbocycles. The molecule has 0 radical (unpaired) electrons. The summed E-state index contributed by atoms with van der Waals surface area (Å²) >= 11 is 0. The van der Waals surface area contributed by atoms with Crippen molar-refractivity contribution in [1.82, 2.24) is 10.6 Å². The lowest BCUT2D eigenvalue weighted by molar-refractivity contribution is -0.139. The molecular formula is C26H30F2N2O5. The molecule has 188 valence electrons. The summed E-state index contributed by atoms with van der Waals surface area (Å²) in [6, 6.07) is 13.3. The third-order valence-electron chi connectivity index (χ3n) is 6.12. The van der Waals surface area contributed by atoms with Crippen LogP contribution in [0.15, 0.2) is 48.5 Å². The maximum atomic E-state index is 13.1. The highest BCUT2D eigenvalue weighted by atomic mass is 19.3. The Morgan fingerprint density at radius 3 is 1.97 bits per heavy atom. The van der Waals surface area contributed by atoms with Crippen LogP contribution in [0, 0.1) is 5.41 Å². The zero-order chi connectivity index (χ0) is 25.8. The van der Waals surface area contributed by atoms with Gasteiger partial charge in [0.25, 0.3) is 6.43 Å². The maximum Gasteiger partial charge on any atom is 0.407 e. The van der Waals surface area contributed by atoms with E-state index in [2.05, 4.69) is 10.6 Å². The van der Waals surface area contributed by atoms with Crippen molar-refractivity contribution in [2.45, 2.75) is 58.0 Å². The number of hydrogen-bond donors (Lipinski definition) is 3. The zero-order valence-electron chi connectivity index (χ0n) is 19.9. The number of fused-ring (bicyclic) bond motifs is 3. The molecule has 0 heterocycles. The second-order valence-corrected chi connectivity index (χ2v) is 9.70. The first kappa shape index (κ1) is 26.1. The minimum absolute atomic E-state index is 0.0922. The Kier molecular flexibility index (Phi) is 8.09. The minimum atomic E-state index is -3.03. The summed E-state index contributed by atoms with van der Waals surface area (Å²) in [5, 5.41) is 13.5. The monoisotopic (exact) mass is 488 g/mol. The quantitative estimate of drug-likeness (QED) is 0.480. The van der Waals surface area contributed by atoms with Crippen LogP contribution in [0.1, 0.15) is 50.7 Å². The summed E-state index contributed by atoms with van der Waals surface area (Å²) in [5.41, 5.74) is 3.71. The van der Waals surface area contributed by atoms with E-state index in [0.717, 1.165) is 22.3 Å². The number of carboxylic acids is 1. The van der Waals surface area contributed by atoms with Gasteiger partial charge in [0.15, 0.2) is 0 Å². The predicted octanol–water partition coefficient (Wildman–Crippen LogP) is 4.55. The molecule has 2 atom stereocenters. The molecule has 1 aliphatic rings. The number of amides is 2. The van der Waals surface area contributed by atoms with Crippen LogP contribution in [-0.2, 0) is 14.3 Å². The van der Waals surface area contributed by atoms with E-state index in [-0.39, 0.29) is 18.9 Å². The van der Waals surface area contributed by atoms with Gasteiger partial charge in [-0.15, -0.1) is 0 Å². The topological polar surface area (TPSA) is 105 Å². The van der Waals surface area contributed by atoms with Gasteiger partial charge < -0.3 is 20.5 Å². The fraction of sp³-hybridized carbons (Fsp3) is 0.423. The van der Waals surface area contributed by atoms with E-state index in [0.29, 0.717) is 0 Å². The highest BCUT2D eigenvalue weighted by Crippen LogP contribution is 2.44. The Bertz CT molecular complexity index is 1040. The van der Waals surface area contributed by atoms with Gasteiger partial charge in [0.1, 0.15) is 12.6 Å². The molecule has 0 spiro atoms. The molecule has 2 unspecified atom stereocenters. The molecule has 9 heteroatoms. The number of ether oxygens (including phenoxy) is 1. The van der Waals surface area contributed by atoms with Crippen molar-refractivity contribution in [3.05, 3.63) is 59.7 Å². The molecule has 3 N–H and O–H groups in total. The number of carbonyl (C=O) groups is 3. The van der Waals surface area contributed by atoms with Crippen molar-refractivity contribution in [1.29, 1.82) is 0 Å². The fourth-order valence-electron chi connectivity index (χ4n) is 4.20. The van der Waals surface area contributed by atoms with E-state index in [4.69, 9.17) is 9.84 Å². The maximum absolute atomic E-state index is 13.1. The average molecular weight is 489 g/mol. The van der Waals surface area contributed by atoms with E-state index in [1.165, 1.54) is 0 Å². The van der Waals surface area contributed by atoms with Gasteiger partial charge in [-0.3, -0.25) is 9.59 Å². The Balaban J connectivity index is 1.64. The Morgan fingerprint density at radius 2 is 1.49 bits per heavy atom. The molecule has 7 nitrogen and oxygen atoms in total. The van der Waals surface area contributed by atoms with Gasteiger partial charge in [-0.2, -0.15) is 0 Å². The second kappa shape index (κ2) is 10.8. The van der Waals surface area contributed by atoms with E-state index in [1.54, 1.807) is 20.8 Å². The van der Waals surface area contributed by atoms with Crippen molar-refractivity contribution in [2.24, 2.45) is 5.41 Å². The lowest BCUT2D eigenvalue weighted by Crippen LogP contribution is -2.49. The van der Waals surface area contributed by atoms with E-state index in [9.17, 15) is 23.2 Å². The van der Waals surface area contributed by atoms with Crippen molar-refractivity contribution in [3.63, 3.8) is 0 Å². The predicted molar refractivity (Wildman–Crippen MR) is 126 cm³/mol. The smallest absolute Gasteiger partial charge is 0.407 e. The number of halogens is 2. The van der Waals surface area contributed by atoms with Crippen LogP contribution in [0.2, 0.25) is 0 Å². The van der Waals surface area contributed by atoms with E-state index in [1.807, 2.05) is 48.5 Å². The normalized spacial score (nSPS) is 14.6. The molecule has 0 bridgehead atoms. The molecular weight excluding hydrogens is 458 g/mol. The summed E-state index contributed by atoms with van der Waals surface area (Å²) in [5.74, 6) is -2.36. The molecule has 35 heavy (non-hydrogen) atoms. The number of carbonyl (C=O) groups excluding carboxylic acids is 2. The van der Waals surface area contributed by atoms with Gasteiger partial charge in [0.2, 0.25) is 5.91 Å². The first-order valence-corrected chi connectivity index (χ1v) is 11.4. The fourth-order valence-corrected chi connectivity index (χ4v) is 4.20. The van der Waals surface area contributed by atoms with Gasteiger partial charge in [0, 0.05) is 18.4 Å². The number of benzene rings is 2. The molecule has 2 aromatic carbocycles. The van der Waals surface area contributed by atoms with Crippen LogP contribution in [0.5, 0.6) is 0 Å². The number of nitrogens with one attached hydrogen (secondary N) is 2. The van der Waals surface area contributed by atoms with Crippen molar-refractivity contribution in [2.75, 3.05) is 6.61 Å².